The van der Waals surface area contributed by atoms with E-state index in [1.807, 2.05) is 0 Å². The second-order valence-electron chi connectivity index (χ2n) is 3.35. The van der Waals surface area contributed by atoms with Crippen molar-refractivity contribution in [1.82, 2.24) is 0 Å². The van der Waals surface area contributed by atoms with E-state index in [1.54, 1.807) is 0 Å². The molecule has 3 nitrogen and oxygen atoms in total. The van der Waals surface area contributed by atoms with Crippen molar-refractivity contribution in [3.05, 3.63) is 0 Å². The van der Waals surface area contributed by atoms with E-state index in [0.29, 0.717) is 6.61 Å². The van der Waals surface area contributed by atoms with Crippen LogP contribution in [0.4, 0.5) is 0 Å². The van der Waals surface area contributed by atoms with Gasteiger partial charge in [-0.05, 0) is 0 Å². The molecule has 0 saturated carbocycles. The van der Waals surface area contributed by atoms with Crippen molar-refractivity contribution >= 4 is 54.9 Å². The summed E-state index contributed by atoms with van der Waals surface area (Å²) in [5.41, 5.74) is 0. The SMILES string of the molecule is CC(=O)OCC[N+](C)(C)C.[BaH2].[Cl-]. The molecule has 0 saturated heterocycles. The van der Waals surface area contributed by atoms with Gasteiger partial charge in [0.25, 0.3) is 0 Å². The summed E-state index contributed by atoms with van der Waals surface area (Å²) in [5, 5.41) is 0. The van der Waals surface area contributed by atoms with Gasteiger partial charge >= 0.3 is 54.9 Å². The molecule has 0 fully saturated rings. The topological polar surface area (TPSA) is 26.3 Å². The molecule has 0 radical (unpaired) electrons. The molecule has 0 rings (SSSR count). The van der Waals surface area contributed by atoms with Crippen LogP contribution in [0.5, 0.6) is 0 Å². The van der Waals surface area contributed by atoms with Gasteiger partial charge in [-0.3, -0.25) is 4.79 Å². The normalized spacial score (nSPS) is 9.33. The zero-order valence-electron chi connectivity index (χ0n) is 7.56. The fraction of sp³-hybridized carbons (Fsp3) is 0.857. The first-order valence-electron chi connectivity index (χ1n) is 3.35. The minimum Gasteiger partial charge on any atom is -1.00 e. The minimum atomic E-state index is -0.201. The van der Waals surface area contributed by atoms with E-state index >= 15 is 0 Å². The zero-order chi connectivity index (χ0) is 8.20. The number of esters is 1. The van der Waals surface area contributed by atoms with Gasteiger partial charge in [-0.2, -0.15) is 0 Å². The summed E-state index contributed by atoms with van der Waals surface area (Å²) in [7, 11) is 6.18. The minimum absolute atomic E-state index is 0. The predicted molar refractivity (Wildman–Crippen MR) is 48.1 cm³/mol. The Labute approximate surface area is 121 Å². The van der Waals surface area contributed by atoms with Crippen LogP contribution in [0.3, 0.4) is 0 Å². The predicted octanol–water partition coefficient (Wildman–Crippen LogP) is -3.66. The molecule has 0 N–H and O–H groups in total. The second kappa shape index (κ2) is 8.87. The Morgan fingerprint density at radius 3 is 2.00 bits per heavy atom. The van der Waals surface area contributed by atoms with Crippen molar-refractivity contribution in [2.75, 3.05) is 34.3 Å². The van der Waals surface area contributed by atoms with Crippen LogP contribution in [0.1, 0.15) is 6.92 Å². The molecule has 0 aromatic heterocycles. The number of nitrogens with zero attached hydrogens (tertiary/aromatic N) is 1. The van der Waals surface area contributed by atoms with Gasteiger partial charge < -0.3 is 21.6 Å². The fourth-order valence-electron chi connectivity index (χ4n) is 0.463. The maximum absolute atomic E-state index is 10.3. The van der Waals surface area contributed by atoms with Gasteiger partial charge in [-0.25, -0.2) is 0 Å². The number of halogens is 1. The summed E-state index contributed by atoms with van der Waals surface area (Å²) < 4.78 is 5.59. The molecule has 0 amide bonds. The standard InChI is InChI=1S/C7H16NO2.Ba.ClH.2H/c1-7(9)10-6-5-8(2,3)4;;;;/h5-6H2,1-4H3;;1H;;/q+1;;;;/p-1. The number of hydrogen-bond donors (Lipinski definition) is 0. The van der Waals surface area contributed by atoms with E-state index in [-0.39, 0.29) is 67.3 Å². The summed E-state index contributed by atoms with van der Waals surface area (Å²) in [5.74, 6) is -0.201. The van der Waals surface area contributed by atoms with Crippen LogP contribution in [0.25, 0.3) is 0 Å². The van der Waals surface area contributed by atoms with Crippen LogP contribution in [0, 0.1) is 0 Å². The van der Waals surface area contributed by atoms with Crippen LogP contribution in [-0.2, 0) is 9.53 Å². The Balaban J connectivity index is -0.000000405. The van der Waals surface area contributed by atoms with Gasteiger partial charge in [0, 0.05) is 6.92 Å². The zero-order valence-corrected chi connectivity index (χ0v) is 8.31. The molecule has 0 heterocycles. The Hall–Kier alpha value is 1.29. The van der Waals surface area contributed by atoms with Crippen molar-refractivity contribution in [2.24, 2.45) is 0 Å². The molecule has 0 aromatic rings. The molecule has 0 unspecified atom stereocenters. The number of quaternary nitrogens is 1. The van der Waals surface area contributed by atoms with E-state index in [9.17, 15) is 4.79 Å². The van der Waals surface area contributed by atoms with Gasteiger partial charge in [-0.15, -0.1) is 0 Å². The first-order chi connectivity index (χ1) is 4.42. The van der Waals surface area contributed by atoms with Crippen LogP contribution < -0.4 is 12.4 Å². The molecule has 0 aliphatic heterocycles. The van der Waals surface area contributed by atoms with Crippen molar-refractivity contribution in [2.45, 2.75) is 6.92 Å². The summed E-state index contributed by atoms with van der Waals surface area (Å²) >= 11 is 0. The van der Waals surface area contributed by atoms with E-state index in [4.69, 9.17) is 4.74 Å². The van der Waals surface area contributed by atoms with Crippen LogP contribution in [0.2, 0.25) is 0 Å². The van der Waals surface area contributed by atoms with Gasteiger partial charge in [0.05, 0.1) is 21.1 Å². The molecule has 0 atom stereocenters. The van der Waals surface area contributed by atoms with Crippen molar-refractivity contribution in [1.29, 1.82) is 0 Å². The Bertz CT molecular complexity index is 125. The smallest absolute Gasteiger partial charge is 1.00 e. The number of rotatable bonds is 3. The molecule has 0 spiro atoms. The molecule has 0 aliphatic rings. The van der Waals surface area contributed by atoms with Gasteiger partial charge in [0.1, 0.15) is 13.2 Å². The summed E-state index contributed by atoms with van der Waals surface area (Å²) in [4.78, 5) is 10.3. The molecule has 0 aliphatic carbocycles. The van der Waals surface area contributed by atoms with Crippen molar-refractivity contribution in [3.63, 3.8) is 0 Å². The third kappa shape index (κ3) is 17.4. The Morgan fingerprint density at radius 2 is 1.75 bits per heavy atom. The largest absolute Gasteiger partial charge is 1.00 e. The number of hydrogen-bond acceptors (Lipinski definition) is 2. The number of ether oxygens (including phenoxy) is 1. The van der Waals surface area contributed by atoms with Crippen LogP contribution >= 0.6 is 0 Å². The maximum Gasteiger partial charge on any atom is -1.00 e. The number of likely N-dealkylation sites (N-methyl/N-ethyl adjacent to an activating group) is 1. The average molecular weight is 321 g/mol. The third-order valence-electron chi connectivity index (χ3n) is 1.07. The van der Waals surface area contributed by atoms with Crippen molar-refractivity contribution < 1.29 is 26.4 Å². The van der Waals surface area contributed by atoms with E-state index < -0.39 is 0 Å². The Kier molecular flexibility index (Phi) is 14.0. The summed E-state index contributed by atoms with van der Waals surface area (Å²) in [6, 6.07) is 0. The molecule has 72 valence electrons. The van der Waals surface area contributed by atoms with E-state index in [0.717, 1.165) is 11.0 Å². The second-order valence-corrected chi connectivity index (χ2v) is 3.35. The molecule has 12 heavy (non-hydrogen) atoms. The monoisotopic (exact) mass is 321 g/mol. The average Bonchev–Trinajstić information content (AvgIpc) is 1.59. The van der Waals surface area contributed by atoms with Crippen LogP contribution in [0.15, 0.2) is 0 Å². The molecule has 0 aromatic carbocycles. The first kappa shape index (κ1) is 19.0. The van der Waals surface area contributed by atoms with Gasteiger partial charge in [-0.1, -0.05) is 0 Å². The third-order valence-corrected chi connectivity index (χ3v) is 1.07. The molecule has 0 bridgehead atoms. The fourth-order valence-corrected chi connectivity index (χ4v) is 0.463. The van der Waals surface area contributed by atoms with Crippen molar-refractivity contribution in [3.8, 4) is 0 Å². The van der Waals surface area contributed by atoms with Gasteiger partial charge in [0.15, 0.2) is 0 Å². The quantitative estimate of drug-likeness (QED) is 0.304. The number of carbonyl (C=O) groups excluding carboxylic acids is 1. The molecular weight excluding hydrogens is 303 g/mol. The first-order valence-corrected chi connectivity index (χ1v) is 3.35. The number of carbonyl (C=O) groups is 1. The summed E-state index contributed by atoms with van der Waals surface area (Å²) in [6.45, 7) is 2.80. The maximum atomic E-state index is 10.3. The summed E-state index contributed by atoms with van der Waals surface area (Å²) in [6.07, 6.45) is 0. The molecular formula is C7H18BaClNO2. The van der Waals surface area contributed by atoms with Crippen LogP contribution in [-0.4, -0.2) is 93.6 Å². The van der Waals surface area contributed by atoms with E-state index in [2.05, 4.69) is 21.1 Å². The Morgan fingerprint density at radius 1 is 1.33 bits per heavy atom. The molecule has 5 heteroatoms. The van der Waals surface area contributed by atoms with Gasteiger partial charge in [0.2, 0.25) is 0 Å². The van der Waals surface area contributed by atoms with E-state index in [1.165, 1.54) is 6.92 Å².